The number of aromatic hydroxyl groups is 4. The van der Waals surface area contributed by atoms with Gasteiger partial charge in [-0.3, -0.25) is 0 Å². The van der Waals surface area contributed by atoms with E-state index >= 15 is 0 Å². The lowest BCUT2D eigenvalue weighted by molar-refractivity contribution is 0.421. The van der Waals surface area contributed by atoms with Crippen molar-refractivity contribution in [1.29, 1.82) is 0 Å². The molecule has 0 unspecified atom stereocenters. The van der Waals surface area contributed by atoms with E-state index < -0.39 is 0 Å². The van der Waals surface area contributed by atoms with Crippen LogP contribution in [0.5, 0.6) is 23.0 Å². The number of hydrogen-bond acceptors (Lipinski definition) is 10. The fraction of sp³-hybridized carbons (Fsp3) is 0.557. The summed E-state index contributed by atoms with van der Waals surface area (Å²) in [5.74, 6) is 2.64. The van der Waals surface area contributed by atoms with E-state index in [0.717, 1.165) is 61.2 Å². The molecule has 5 aromatic rings. The summed E-state index contributed by atoms with van der Waals surface area (Å²) in [5.41, 5.74) is 7.92. The van der Waals surface area contributed by atoms with Crippen LogP contribution >= 0.6 is 0 Å². The average Bonchev–Trinajstić information content (AvgIpc) is 3.19. The molecular weight excluding hydrogens is 881 g/mol. The first-order valence-corrected chi connectivity index (χ1v) is 25.4. The van der Waals surface area contributed by atoms with E-state index in [0.29, 0.717) is 61.3 Å². The summed E-state index contributed by atoms with van der Waals surface area (Å²) in [5, 5.41) is 46.2. The Balaban J connectivity index is 1.80. The monoisotopic (exact) mass is 971 g/mol. The third-order valence-electron chi connectivity index (χ3n) is 13.4. The molecule has 388 valence electrons. The third-order valence-corrected chi connectivity index (χ3v) is 13.4. The van der Waals surface area contributed by atoms with Gasteiger partial charge in [-0.15, -0.1) is 0 Å². The van der Waals surface area contributed by atoms with Crippen molar-refractivity contribution in [3.05, 3.63) is 116 Å². The van der Waals surface area contributed by atoms with Gasteiger partial charge in [0.05, 0.1) is 0 Å². The first-order valence-electron chi connectivity index (χ1n) is 25.4. The topological polar surface area (TPSA) is 129 Å². The van der Waals surface area contributed by atoms with Gasteiger partial charge in [-0.1, -0.05) is 151 Å². The highest BCUT2D eigenvalue weighted by Gasteiger charge is 2.31. The van der Waals surface area contributed by atoms with Gasteiger partial charge in [0.2, 0.25) is 17.8 Å². The molecule has 10 nitrogen and oxygen atoms in total. The van der Waals surface area contributed by atoms with Gasteiger partial charge in [0, 0.05) is 40.3 Å². The fourth-order valence-corrected chi connectivity index (χ4v) is 9.22. The van der Waals surface area contributed by atoms with Crippen molar-refractivity contribution in [3.63, 3.8) is 0 Å². The zero-order valence-corrected chi connectivity index (χ0v) is 48.0. The molecule has 5 rings (SSSR count). The minimum Gasteiger partial charge on any atom is -0.508 e. The van der Waals surface area contributed by atoms with Gasteiger partial charge < -0.3 is 35.1 Å². The molecule has 0 fully saturated rings. The second-order valence-corrected chi connectivity index (χ2v) is 27.5. The van der Waals surface area contributed by atoms with Gasteiger partial charge in [-0.25, -0.2) is 0 Å². The van der Waals surface area contributed by atoms with Gasteiger partial charge in [0.1, 0.15) is 23.0 Å². The number of hydrogen-bond donors (Lipinski definition) is 4. The fourth-order valence-electron chi connectivity index (χ4n) is 9.22. The highest BCUT2D eigenvalue weighted by atomic mass is 16.3. The van der Waals surface area contributed by atoms with Gasteiger partial charge >= 0.3 is 0 Å². The zero-order chi connectivity index (χ0) is 53.9. The average molecular weight is 971 g/mol. The molecule has 0 aliphatic rings. The van der Waals surface area contributed by atoms with Gasteiger partial charge in [0.15, 0.2) is 0 Å². The van der Waals surface area contributed by atoms with Crippen LogP contribution in [0.1, 0.15) is 207 Å². The normalized spacial score (nSPS) is 13.2. The van der Waals surface area contributed by atoms with Crippen LogP contribution in [0.2, 0.25) is 0 Å². The molecule has 0 aliphatic heterocycles. The second-order valence-electron chi connectivity index (χ2n) is 27.5. The summed E-state index contributed by atoms with van der Waals surface area (Å²) in [6.07, 6.45) is 0. The zero-order valence-electron chi connectivity index (χ0n) is 48.0. The molecule has 0 saturated heterocycles. The largest absolute Gasteiger partial charge is 0.508 e. The van der Waals surface area contributed by atoms with Gasteiger partial charge in [0.25, 0.3) is 0 Å². The lowest BCUT2D eigenvalue weighted by atomic mass is 9.78. The van der Waals surface area contributed by atoms with E-state index in [4.69, 9.17) is 15.0 Å². The molecule has 0 aliphatic carbocycles. The Bertz CT molecular complexity index is 2510. The number of anilines is 3. The van der Waals surface area contributed by atoms with Crippen LogP contribution < -0.4 is 14.7 Å². The number of nitrogens with zero attached hydrogens (tertiary/aromatic N) is 6. The SMILES string of the molecule is CN(Cc1cc(C(C)(C)C)c(O)c(C(C)(C)C)c1)c1nc(N(C)Cc2cc(C(C)(C)C)c(O)c(C(C)(C)C)c2)nc(N(Cc2ccc(O)c(C(C)(C)C)c2)Cc2cc(C(C)(C)C)c(O)c(C(C)(C)C)c2)n1. The maximum Gasteiger partial charge on any atom is 0.232 e. The molecular formula is C61H90N6O4. The predicted molar refractivity (Wildman–Crippen MR) is 297 cm³/mol. The van der Waals surface area contributed by atoms with Crippen molar-refractivity contribution in [1.82, 2.24) is 15.0 Å². The molecule has 4 N–H and O–H groups in total. The maximum absolute atomic E-state index is 11.8. The van der Waals surface area contributed by atoms with Crippen LogP contribution in [0.15, 0.2) is 54.6 Å². The van der Waals surface area contributed by atoms with Crippen molar-refractivity contribution in [2.75, 3.05) is 28.8 Å². The van der Waals surface area contributed by atoms with E-state index in [9.17, 15) is 20.4 Å². The minimum absolute atomic E-state index is 0.251. The Morgan fingerprint density at radius 1 is 0.324 bits per heavy atom. The lowest BCUT2D eigenvalue weighted by Gasteiger charge is -2.31. The van der Waals surface area contributed by atoms with Crippen LogP contribution in [-0.2, 0) is 64.1 Å². The number of phenols is 4. The van der Waals surface area contributed by atoms with E-state index in [2.05, 4.69) is 203 Å². The quantitative estimate of drug-likeness (QED) is 0.102. The molecule has 0 bridgehead atoms. The van der Waals surface area contributed by atoms with Crippen LogP contribution in [0.3, 0.4) is 0 Å². The molecule has 0 amide bonds. The van der Waals surface area contributed by atoms with Crippen molar-refractivity contribution in [2.45, 2.75) is 209 Å². The van der Waals surface area contributed by atoms with Crippen LogP contribution in [0.25, 0.3) is 0 Å². The standard InChI is InChI=1S/C61H90N6O4/c1-55(2,3)41-26-37(24-25-48(41)68)35-67(36-40-31-46(60(16,17)18)51(71)47(32-40)61(19,20)21)54-63-52(65(22)33-38-27-42(56(4,5)6)49(69)43(28-38)57(7,8)9)62-53(64-54)66(23)34-39-29-44(58(10,11)12)50(70)45(30-39)59(13,14)15/h24-32,68-71H,33-36H2,1-23H3. The number of aromatic nitrogens is 3. The minimum atomic E-state index is -0.343. The van der Waals surface area contributed by atoms with E-state index in [1.807, 2.05) is 20.2 Å². The molecule has 0 atom stereocenters. The summed E-state index contributed by atoms with van der Waals surface area (Å²) < 4.78 is 0. The van der Waals surface area contributed by atoms with Crippen molar-refractivity contribution >= 4 is 17.8 Å². The summed E-state index contributed by atoms with van der Waals surface area (Å²) in [4.78, 5) is 22.2. The second kappa shape index (κ2) is 19.5. The molecule has 1 heterocycles. The molecule has 1 aromatic heterocycles. The van der Waals surface area contributed by atoms with Gasteiger partial charge in [-0.2, -0.15) is 15.0 Å². The van der Waals surface area contributed by atoms with Gasteiger partial charge in [-0.05, 0) is 148 Å². The lowest BCUT2D eigenvalue weighted by Crippen LogP contribution is -2.30. The van der Waals surface area contributed by atoms with Crippen LogP contribution in [0.4, 0.5) is 17.8 Å². The Morgan fingerprint density at radius 3 is 0.845 bits per heavy atom. The molecule has 71 heavy (non-hydrogen) atoms. The van der Waals surface area contributed by atoms with E-state index in [1.165, 1.54) is 0 Å². The molecule has 10 heteroatoms. The molecule has 4 aromatic carbocycles. The van der Waals surface area contributed by atoms with Crippen molar-refractivity contribution in [3.8, 4) is 23.0 Å². The highest BCUT2D eigenvalue weighted by molar-refractivity contribution is 5.56. The van der Waals surface area contributed by atoms with Crippen LogP contribution in [0, 0.1) is 0 Å². The Kier molecular flexibility index (Phi) is 15.5. The number of phenolic OH excluding ortho intramolecular Hbond substituents is 4. The summed E-state index contributed by atoms with van der Waals surface area (Å²) in [6, 6.07) is 18.5. The predicted octanol–water partition coefficient (Wildman–Crippen LogP) is 14.3. The maximum atomic E-state index is 11.8. The van der Waals surface area contributed by atoms with Crippen molar-refractivity contribution in [2.24, 2.45) is 0 Å². The summed E-state index contributed by atoms with van der Waals surface area (Å²) >= 11 is 0. The Morgan fingerprint density at radius 2 is 0.563 bits per heavy atom. The Hall–Kier alpha value is -5.51. The summed E-state index contributed by atoms with van der Waals surface area (Å²) in [7, 11) is 4.00. The first-order chi connectivity index (χ1) is 32.1. The first kappa shape index (κ1) is 56.4. The smallest absolute Gasteiger partial charge is 0.232 e. The Labute approximate surface area is 428 Å². The number of benzene rings is 4. The molecule has 0 radical (unpaired) electrons. The van der Waals surface area contributed by atoms with Crippen LogP contribution in [-0.4, -0.2) is 49.5 Å². The molecule has 0 saturated carbocycles. The molecule has 0 spiro atoms. The number of rotatable bonds is 11. The van der Waals surface area contributed by atoms with Crippen molar-refractivity contribution < 1.29 is 20.4 Å². The summed E-state index contributed by atoms with van der Waals surface area (Å²) in [6.45, 7) is 46.3. The van der Waals surface area contributed by atoms with E-state index in [-0.39, 0.29) is 43.7 Å². The third kappa shape index (κ3) is 13.3. The highest BCUT2D eigenvalue weighted by Crippen LogP contribution is 2.44. The van der Waals surface area contributed by atoms with E-state index in [1.54, 1.807) is 6.07 Å².